The monoisotopic (exact) mass is 401 g/mol. The highest BCUT2D eigenvalue weighted by Crippen LogP contribution is 2.29. The van der Waals surface area contributed by atoms with Gasteiger partial charge in [-0.3, -0.25) is 9.78 Å². The Kier molecular flexibility index (Phi) is 7.44. The fraction of sp³-hybridized carbons (Fsp3) is 0.444. The Labute approximate surface area is 165 Å². The van der Waals surface area contributed by atoms with Gasteiger partial charge in [-0.25, -0.2) is 0 Å². The lowest BCUT2D eigenvalue weighted by atomic mass is 9.79. The zero-order valence-electron chi connectivity index (χ0n) is 14.7. The van der Waals surface area contributed by atoms with E-state index < -0.39 is 0 Å². The van der Waals surface area contributed by atoms with E-state index in [2.05, 4.69) is 24.2 Å². The molecule has 3 rings (SSSR count). The second-order valence-corrected chi connectivity index (χ2v) is 7.73. The molecule has 1 unspecified atom stereocenters. The van der Waals surface area contributed by atoms with Crippen molar-refractivity contribution in [3.05, 3.63) is 40.2 Å². The van der Waals surface area contributed by atoms with Crippen LogP contribution in [0.15, 0.2) is 29.0 Å². The molecule has 2 aromatic heterocycles. The third kappa shape index (κ3) is 4.53. The highest BCUT2D eigenvalue weighted by molar-refractivity contribution is 7.08. The Bertz CT molecular complexity index is 719. The molecule has 138 valence electrons. The molecule has 0 aromatic carbocycles. The average Bonchev–Trinajstić information content (AvgIpc) is 3.03. The number of likely N-dealkylation sites (tertiary alicyclic amines) is 1. The number of aromatic nitrogens is 1. The molecule has 0 aliphatic carbocycles. The minimum absolute atomic E-state index is 0. The zero-order chi connectivity index (χ0) is 16.6. The number of nitrogens with zero attached hydrogens (tertiary/aromatic N) is 2. The van der Waals surface area contributed by atoms with Crippen molar-refractivity contribution in [2.75, 3.05) is 13.1 Å². The predicted molar refractivity (Wildman–Crippen MR) is 109 cm³/mol. The van der Waals surface area contributed by atoms with Crippen molar-refractivity contribution in [3.63, 3.8) is 0 Å². The number of hydrogen-bond acceptors (Lipinski definition) is 4. The quantitative estimate of drug-likeness (QED) is 0.821. The van der Waals surface area contributed by atoms with E-state index in [1.807, 2.05) is 35.4 Å². The Hall–Kier alpha value is -1.14. The van der Waals surface area contributed by atoms with Gasteiger partial charge in [0.05, 0.1) is 17.0 Å². The van der Waals surface area contributed by atoms with Crippen LogP contribution in [-0.4, -0.2) is 34.9 Å². The summed E-state index contributed by atoms with van der Waals surface area (Å²) in [5.74, 6) is 0.0619. The summed E-state index contributed by atoms with van der Waals surface area (Å²) in [6.07, 6.45) is 0.845. The Balaban J connectivity index is 0.00000156. The Morgan fingerprint density at radius 2 is 2.04 bits per heavy atom. The highest BCUT2D eigenvalue weighted by Gasteiger charge is 2.35. The van der Waals surface area contributed by atoms with Crippen LogP contribution in [0.2, 0.25) is 0 Å². The maximum Gasteiger partial charge on any atom is 0.255 e. The fourth-order valence-electron chi connectivity index (χ4n) is 3.08. The molecule has 0 bridgehead atoms. The van der Waals surface area contributed by atoms with E-state index in [1.54, 1.807) is 11.3 Å². The van der Waals surface area contributed by atoms with Crippen LogP contribution in [0.3, 0.4) is 0 Å². The molecule has 1 amide bonds. The van der Waals surface area contributed by atoms with Crippen molar-refractivity contribution in [1.29, 1.82) is 0 Å². The summed E-state index contributed by atoms with van der Waals surface area (Å²) in [5, 5.41) is 4.10. The van der Waals surface area contributed by atoms with E-state index in [1.165, 1.54) is 0 Å². The van der Waals surface area contributed by atoms with Gasteiger partial charge >= 0.3 is 0 Å². The number of halogens is 2. The van der Waals surface area contributed by atoms with Crippen LogP contribution < -0.4 is 5.73 Å². The second kappa shape index (κ2) is 8.49. The lowest BCUT2D eigenvalue weighted by Gasteiger charge is -2.42. The van der Waals surface area contributed by atoms with Gasteiger partial charge in [-0.05, 0) is 42.3 Å². The van der Waals surface area contributed by atoms with Gasteiger partial charge in [-0.15, -0.1) is 24.8 Å². The first-order valence-electron chi connectivity index (χ1n) is 7.93. The molecule has 1 fully saturated rings. The minimum atomic E-state index is -0.0497. The number of carbonyl (C=O) groups excluding carboxylic acids is 1. The molecule has 1 aliphatic heterocycles. The molecule has 0 saturated carbocycles. The van der Waals surface area contributed by atoms with E-state index in [-0.39, 0.29) is 42.2 Å². The summed E-state index contributed by atoms with van der Waals surface area (Å²) in [6.45, 7) is 7.57. The second-order valence-electron chi connectivity index (χ2n) is 6.95. The number of amides is 1. The normalized spacial score (nSPS) is 18.9. The molecule has 1 atom stereocenters. The third-order valence-corrected chi connectivity index (χ3v) is 5.42. The molecule has 0 radical (unpaired) electrons. The van der Waals surface area contributed by atoms with Gasteiger partial charge in [-0.1, -0.05) is 13.8 Å². The maximum absolute atomic E-state index is 12.9. The first kappa shape index (κ1) is 21.9. The van der Waals surface area contributed by atoms with Crippen molar-refractivity contribution in [2.24, 2.45) is 11.1 Å². The van der Waals surface area contributed by atoms with E-state index in [4.69, 9.17) is 5.73 Å². The van der Waals surface area contributed by atoms with E-state index in [0.29, 0.717) is 12.1 Å². The first-order valence-corrected chi connectivity index (χ1v) is 8.88. The average molecular weight is 402 g/mol. The molecule has 7 heteroatoms. The van der Waals surface area contributed by atoms with Gasteiger partial charge in [-0.2, -0.15) is 11.3 Å². The molecule has 1 aliphatic rings. The fourth-order valence-corrected chi connectivity index (χ4v) is 3.73. The number of aryl methyl sites for hydroxylation is 1. The van der Waals surface area contributed by atoms with Crippen LogP contribution in [0.4, 0.5) is 0 Å². The molecular formula is C18H25Cl2N3OS. The number of hydrogen-bond donors (Lipinski definition) is 1. The van der Waals surface area contributed by atoms with Gasteiger partial charge in [0.25, 0.3) is 5.91 Å². The zero-order valence-corrected chi connectivity index (χ0v) is 17.1. The smallest absolute Gasteiger partial charge is 0.255 e. The van der Waals surface area contributed by atoms with Crippen molar-refractivity contribution in [3.8, 4) is 11.3 Å². The van der Waals surface area contributed by atoms with Gasteiger partial charge < -0.3 is 10.6 Å². The summed E-state index contributed by atoms with van der Waals surface area (Å²) in [5.41, 5.74) is 9.61. The topological polar surface area (TPSA) is 59.2 Å². The van der Waals surface area contributed by atoms with E-state index in [0.717, 1.165) is 29.9 Å². The van der Waals surface area contributed by atoms with Crippen molar-refractivity contribution < 1.29 is 4.79 Å². The molecule has 4 nitrogen and oxygen atoms in total. The molecule has 3 heterocycles. The van der Waals surface area contributed by atoms with E-state index >= 15 is 0 Å². The summed E-state index contributed by atoms with van der Waals surface area (Å²) in [6, 6.07) is 6.02. The SMILES string of the molecule is Cc1nc(-c2ccsc2)ccc1C(=O)N1CCC(N)C(C)(C)C1.Cl.Cl. The molecule has 25 heavy (non-hydrogen) atoms. The highest BCUT2D eigenvalue weighted by atomic mass is 35.5. The van der Waals surface area contributed by atoms with Crippen molar-refractivity contribution >= 4 is 42.1 Å². The number of piperidine rings is 1. The van der Waals surface area contributed by atoms with Crippen LogP contribution in [-0.2, 0) is 0 Å². The molecular weight excluding hydrogens is 377 g/mol. The summed E-state index contributed by atoms with van der Waals surface area (Å²) < 4.78 is 0. The number of rotatable bonds is 2. The summed E-state index contributed by atoms with van der Waals surface area (Å²) in [7, 11) is 0. The van der Waals surface area contributed by atoms with Crippen LogP contribution in [0.25, 0.3) is 11.3 Å². The predicted octanol–water partition coefficient (Wildman–Crippen LogP) is 4.16. The molecule has 1 saturated heterocycles. The van der Waals surface area contributed by atoms with Gasteiger partial charge in [0.1, 0.15) is 0 Å². The van der Waals surface area contributed by atoms with Crippen LogP contribution >= 0.6 is 36.2 Å². The Morgan fingerprint density at radius 1 is 1.32 bits per heavy atom. The van der Waals surface area contributed by atoms with Crippen molar-refractivity contribution in [2.45, 2.75) is 33.2 Å². The van der Waals surface area contributed by atoms with Gasteiger partial charge in [0.15, 0.2) is 0 Å². The summed E-state index contributed by atoms with van der Waals surface area (Å²) >= 11 is 1.65. The minimum Gasteiger partial charge on any atom is -0.338 e. The standard InChI is InChI=1S/C18H23N3OS.2ClH/c1-12-14(4-5-15(20-12)13-7-9-23-10-13)17(22)21-8-6-16(19)18(2,3)11-21;;/h4-5,7,9-10,16H,6,8,11,19H2,1-3H3;2*1H. The molecule has 0 spiro atoms. The van der Waals surface area contributed by atoms with Crippen LogP contribution in [0, 0.1) is 12.3 Å². The number of carbonyl (C=O) groups is 1. The van der Waals surface area contributed by atoms with Crippen LogP contribution in [0.1, 0.15) is 36.3 Å². The molecule has 2 N–H and O–H groups in total. The third-order valence-electron chi connectivity index (χ3n) is 4.73. The van der Waals surface area contributed by atoms with Gasteiger partial charge in [0, 0.05) is 30.1 Å². The van der Waals surface area contributed by atoms with E-state index in [9.17, 15) is 4.79 Å². The maximum atomic E-state index is 12.9. The Morgan fingerprint density at radius 3 is 2.60 bits per heavy atom. The first-order chi connectivity index (χ1) is 10.9. The summed E-state index contributed by atoms with van der Waals surface area (Å²) in [4.78, 5) is 19.4. The van der Waals surface area contributed by atoms with Crippen LogP contribution in [0.5, 0.6) is 0 Å². The van der Waals surface area contributed by atoms with Crippen molar-refractivity contribution in [1.82, 2.24) is 9.88 Å². The molecule has 2 aromatic rings. The number of nitrogens with two attached hydrogens (primary N) is 1. The largest absolute Gasteiger partial charge is 0.338 e. The lowest BCUT2D eigenvalue weighted by molar-refractivity contribution is 0.0532. The lowest BCUT2D eigenvalue weighted by Crippen LogP contribution is -2.54. The number of thiophene rings is 1. The number of pyridine rings is 1. The van der Waals surface area contributed by atoms with Gasteiger partial charge in [0.2, 0.25) is 0 Å².